The van der Waals surface area contributed by atoms with Gasteiger partial charge < -0.3 is 4.90 Å². The molecule has 0 unspecified atom stereocenters. The summed E-state index contributed by atoms with van der Waals surface area (Å²) in [6, 6.07) is 0. The van der Waals surface area contributed by atoms with Crippen LogP contribution in [0.2, 0.25) is 0 Å². The minimum atomic E-state index is 0.326. The van der Waals surface area contributed by atoms with Gasteiger partial charge >= 0.3 is 0 Å². The Morgan fingerprint density at radius 1 is 1.00 bits per heavy atom. The van der Waals surface area contributed by atoms with Crippen LogP contribution in [0.25, 0.3) is 0 Å². The zero-order valence-corrected chi connectivity index (χ0v) is 12.3. The van der Waals surface area contributed by atoms with Crippen LogP contribution in [-0.4, -0.2) is 30.3 Å². The van der Waals surface area contributed by atoms with Crippen LogP contribution in [-0.2, 0) is 0 Å². The molecular weight excluding hydrogens is 202 g/mol. The molecule has 0 atom stereocenters. The Morgan fingerprint density at radius 3 is 1.67 bits per heavy atom. The molecule has 0 aliphatic carbocycles. The highest BCUT2D eigenvalue weighted by Gasteiger charge is 2.21. The maximum atomic E-state index is 4.43. The maximum absolute atomic E-state index is 4.43. The van der Waals surface area contributed by atoms with Gasteiger partial charge in [-0.3, -0.25) is 0 Å². The van der Waals surface area contributed by atoms with Gasteiger partial charge in [0.2, 0.25) is 0 Å². The molecule has 0 rings (SSSR count). The normalized spacial score (nSPS) is 13.2. The SMILES string of the molecule is CC(C)CN(CC(C)C)CC(C)(C)CS. The molecule has 0 fully saturated rings. The summed E-state index contributed by atoms with van der Waals surface area (Å²) in [5.74, 6) is 2.46. The van der Waals surface area contributed by atoms with E-state index in [-0.39, 0.29) is 0 Å². The molecule has 0 aromatic rings. The predicted molar refractivity (Wildman–Crippen MR) is 73.8 cm³/mol. The molecular formula is C13H29NS. The predicted octanol–water partition coefficient (Wildman–Crippen LogP) is 3.56. The second kappa shape index (κ2) is 6.80. The molecule has 0 aliphatic heterocycles. The van der Waals surface area contributed by atoms with E-state index in [1.54, 1.807) is 0 Å². The van der Waals surface area contributed by atoms with Crippen molar-refractivity contribution in [2.45, 2.75) is 41.5 Å². The van der Waals surface area contributed by atoms with Crippen LogP contribution in [0.4, 0.5) is 0 Å². The van der Waals surface area contributed by atoms with E-state index < -0.39 is 0 Å². The molecule has 0 spiro atoms. The number of hydrogen-bond donors (Lipinski definition) is 1. The summed E-state index contributed by atoms with van der Waals surface area (Å²) in [6.07, 6.45) is 0. The van der Waals surface area contributed by atoms with E-state index in [1.807, 2.05) is 0 Å². The Balaban J connectivity index is 4.23. The summed E-state index contributed by atoms with van der Waals surface area (Å²) in [7, 11) is 0. The van der Waals surface area contributed by atoms with Gasteiger partial charge in [0.25, 0.3) is 0 Å². The zero-order chi connectivity index (χ0) is 12.1. The average Bonchev–Trinajstić information content (AvgIpc) is 2.00. The van der Waals surface area contributed by atoms with Crippen LogP contribution >= 0.6 is 12.6 Å². The number of thiol groups is 1. The summed E-state index contributed by atoms with van der Waals surface area (Å²) in [5.41, 5.74) is 0.326. The third kappa shape index (κ3) is 8.15. The summed E-state index contributed by atoms with van der Waals surface area (Å²) in [5, 5.41) is 0. The van der Waals surface area contributed by atoms with Crippen LogP contribution in [0.1, 0.15) is 41.5 Å². The topological polar surface area (TPSA) is 3.24 Å². The smallest absolute Gasteiger partial charge is 0.00407 e. The molecule has 92 valence electrons. The van der Waals surface area contributed by atoms with Gasteiger partial charge in [0, 0.05) is 19.6 Å². The molecule has 0 aromatic heterocycles. The van der Waals surface area contributed by atoms with Crippen molar-refractivity contribution in [3.63, 3.8) is 0 Å². The van der Waals surface area contributed by atoms with Crippen LogP contribution in [0.5, 0.6) is 0 Å². The van der Waals surface area contributed by atoms with Gasteiger partial charge in [-0.2, -0.15) is 12.6 Å². The molecule has 0 bridgehead atoms. The molecule has 2 heteroatoms. The van der Waals surface area contributed by atoms with Crippen molar-refractivity contribution in [2.24, 2.45) is 17.3 Å². The lowest BCUT2D eigenvalue weighted by Gasteiger charge is -2.33. The first kappa shape index (κ1) is 15.3. The van der Waals surface area contributed by atoms with Gasteiger partial charge in [-0.1, -0.05) is 41.5 Å². The lowest BCUT2D eigenvalue weighted by atomic mass is 9.94. The molecule has 0 saturated carbocycles. The van der Waals surface area contributed by atoms with Crippen molar-refractivity contribution in [1.82, 2.24) is 4.90 Å². The van der Waals surface area contributed by atoms with Crippen LogP contribution in [0.3, 0.4) is 0 Å². The second-order valence-electron chi connectivity index (χ2n) is 6.30. The van der Waals surface area contributed by atoms with Crippen LogP contribution in [0, 0.1) is 17.3 Å². The minimum absolute atomic E-state index is 0.326. The molecule has 1 nitrogen and oxygen atoms in total. The van der Waals surface area contributed by atoms with E-state index in [1.165, 1.54) is 13.1 Å². The highest BCUT2D eigenvalue weighted by atomic mass is 32.1. The zero-order valence-electron chi connectivity index (χ0n) is 11.4. The van der Waals surface area contributed by atoms with Gasteiger partial charge in [0.15, 0.2) is 0 Å². The standard InChI is InChI=1S/C13H29NS/c1-11(2)7-14(8-12(3)4)9-13(5,6)10-15/h11-12,15H,7-10H2,1-6H3. The molecule has 0 amide bonds. The molecule has 0 radical (unpaired) electrons. The number of hydrogen-bond acceptors (Lipinski definition) is 2. The molecule has 0 aromatic carbocycles. The minimum Gasteiger partial charge on any atom is -0.302 e. The fourth-order valence-electron chi connectivity index (χ4n) is 1.89. The van der Waals surface area contributed by atoms with Crippen molar-refractivity contribution >= 4 is 12.6 Å². The Morgan fingerprint density at radius 2 is 1.40 bits per heavy atom. The van der Waals surface area contributed by atoms with Gasteiger partial charge in [-0.15, -0.1) is 0 Å². The first-order valence-electron chi connectivity index (χ1n) is 6.10. The van der Waals surface area contributed by atoms with E-state index in [9.17, 15) is 0 Å². The van der Waals surface area contributed by atoms with Crippen molar-refractivity contribution in [2.75, 3.05) is 25.4 Å². The Kier molecular flexibility index (Phi) is 6.94. The number of rotatable bonds is 7. The van der Waals surface area contributed by atoms with Crippen molar-refractivity contribution in [1.29, 1.82) is 0 Å². The summed E-state index contributed by atoms with van der Waals surface area (Å²) in [4.78, 5) is 2.59. The highest BCUT2D eigenvalue weighted by molar-refractivity contribution is 7.80. The van der Waals surface area contributed by atoms with Gasteiger partial charge in [0.05, 0.1) is 0 Å². The van der Waals surface area contributed by atoms with E-state index >= 15 is 0 Å². The Labute approximate surface area is 102 Å². The first-order chi connectivity index (χ1) is 6.76. The Bertz CT molecular complexity index is 154. The lowest BCUT2D eigenvalue weighted by molar-refractivity contribution is 0.160. The number of nitrogens with zero attached hydrogens (tertiary/aromatic N) is 1. The molecule has 15 heavy (non-hydrogen) atoms. The van der Waals surface area contributed by atoms with E-state index in [0.29, 0.717) is 5.41 Å². The third-order valence-corrected chi connectivity index (χ3v) is 3.18. The van der Waals surface area contributed by atoms with Gasteiger partial charge in [0.1, 0.15) is 0 Å². The summed E-state index contributed by atoms with van der Waals surface area (Å²) < 4.78 is 0. The third-order valence-electron chi connectivity index (χ3n) is 2.33. The highest BCUT2D eigenvalue weighted by Crippen LogP contribution is 2.20. The monoisotopic (exact) mass is 231 g/mol. The largest absolute Gasteiger partial charge is 0.302 e. The fourth-order valence-corrected chi connectivity index (χ4v) is 1.99. The molecule has 0 heterocycles. The summed E-state index contributed by atoms with van der Waals surface area (Å²) in [6.45, 7) is 17.3. The van der Waals surface area contributed by atoms with E-state index in [0.717, 1.165) is 24.1 Å². The van der Waals surface area contributed by atoms with Gasteiger partial charge in [-0.25, -0.2) is 0 Å². The average molecular weight is 231 g/mol. The Hall–Kier alpha value is 0.310. The maximum Gasteiger partial charge on any atom is 0.00407 e. The van der Waals surface area contributed by atoms with E-state index in [2.05, 4.69) is 59.1 Å². The molecule has 0 N–H and O–H groups in total. The fraction of sp³-hybridized carbons (Fsp3) is 1.00. The first-order valence-corrected chi connectivity index (χ1v) is 6.73. The van der Waals surface area contributed by atoms with E-state index in [4.69, 9.17) is 0 Å². The lowest BCUT2D eigenvalue weighted by Crippen LogP contribution is -2.39. The van der Waals surface area contributed by atoms with Crippen LogP contribution < -0.4 is 0 Å². The van der Waals surface area contributed by atoms with Crippen molar-refractivity contribution < 1.29 is 0 Å². The van der Waals surface area contributed by atoms with Crippen molar-refractivity contribution in [3.05, 3.63) is 0 Å². The molecule has 0 aliphatic rings. The molecule has 0 saturated heterocycles. The quantitative estimate of drug-likeness (QED) is 0.656. The summed E-state index contributed by atoms with van der Waals surface area (Å²) >= 11 is 4.43. The van der Waals surface area contributed by atoms with Crippen LogP contribution in [0.15, 0.2) is 0 Å². The second-order valence-corrected chi connectivity index (χ2v) is 6.62. The van der Waals surface area contributed by atoms with Crippen molar-refractivity contribution in [3.8, 4) is 0 Å². The van der Waals surface area contributed by atoms with Gasteiger partial charge in [-0.05, 0) is 23.0 Å².